The highest BCUT2D eigenvalue weighted by atomic mass is 16.5. The fourth-order valence-electron chi connectivity index (χ4n) is 1.97. The number of hydrogen-bond acceptors (Lipinski definition) is 4. The van der Waals surface area contributed by atoms with Crippen LogP contribution in [0.5, 0.6) is 5.75 Å². The largest absolute Gasteiger partial charge is 0.490 e. The van der Waals surface area contributed by atoms with Gasteiger partial charge in [0.1, 0.15) is 17.4 Å². The molecule has 3 rings (SSSR count). The van der Waals surface area contributed by atoms with E-state index < -0.39 is 5.97 Å². The van der Waals surface area contributed by atoms with E-state index in [4.69, 9.17) is 14.3 Å². The lowest BCUT2D eigenvalue weighted by Gasteiger charge is -2.32. The van der Waals surface area contributed by atoms with Gasteiger partial charge >= 0.3 is 5.97 Å². The van der Waals surface area contributed by atoms with Crippen LogP contribution in [0.4, 0.5) is 0 Å². The van der Waals surface area contributed by atoms with E-state index in [9.17, 15) is 4.79 Å². The molecule has 1 heterocycles. The van der Waals surface area contributed by atoms with Crippen molar-refractivity contribution in [2.45, 2.75) is 18.9 Å². The van der Waals surface area contributed by atoms with Crippen LogP contribution in [-0.4, -0.2) is 22.2 Å². The molecule has 0 aliphatic heterocycles. The molecular formula is C12H11NO4. The van der Waals surface area contributed by atoms with Gasteiger partial charge in [0.25, 0.3) is 0 Å². The second-order valence-electron chi connectivity index (χ2n) is 4.23. The molecule has 0 saturated heterocycles. The predicted octanol–water partition coefficient (Wildman–Crippen LogP) is 2.07. The van der Waals surface area contributed by atoms with E-state index in [0.29, 0.717) is 18.6 Å². The van der Waals surface area contributed by atoms with Crippen molar-refractivity contribution >= 4 is 17.1 Å². The molecule has 2 aromatic rings. The number of ether oxygens (including phenoxy) is 1. The summed E-state index contributed by atoms with van der Waals surface area (Å²) in [4.78, 5) is 14.7. The second kappa shape index (κ2) is 3.76. The summed E-state index contributed by atoms with van der Waals surface area (Å²) in [6.45, 7) is 0. The van der Waals surface area contributed by atoms with Crippen LogP contribution in [0.1, 0.15) is 12.8 Å². The molecule has 1 aromatic heterocycles. The van der Waals surface area contributed by atoms with Crippen LogP contribution in [0.2, 0.25) is 0 Å². The van der Waals surface area contributed by atoms with Gasteiger partial charge in [0, 0.05) is 6.07 Å². The van der Waals surface area contributed by atoms with Crippen molar-refractivity contribution < 1.29 is 19.1 Å². The molecule has 0 radical (unpaired) electrons. The minimum absolute atomic E-state index is 0.000418. The van der Waals surface area contributed by atoms with Gasteiger partial charge in [-0.15, -0.1) is 0 Å². The average molecular weight is 233 g/mol. The third-order valence-corrected chi connectivity index (χ3v) is 3.05. The molecule has 1 aliphatic rings. The Morgan fingerprint density at radius 3 is 3.06 bits per heavy atom. The monoisotopic (exact) mass is 233 g/mol. The summed E-state index contributed by atoms with van der Waals surface area (Å²) >= 11 is 0. The van der Waals surface area contributed by atoms with E-state index in [1.807, 2.05) is 6.07 Å². The number of rotatable bonds is 3. The number of nitrogens with zero attached hydrogens (tertiary/aromatic N) is 1. The van der Waals surface area contributed by atoms with Crippen molar-refractivity contribution in [1.82, 2.24) is 4.98 Å². The molecule has 0 amide bonds. The summed E-state index contributed by atoms with van der Waals surface area (Å²) in [5, 5.41) is 8.75. The Labute approximate surface area is 97.0 Å². The van der Waals surface area contributed by atoms with Gasteiger partial charge in [-0.05, 0) is 25.0 Å². The van der Waals surface area contributed by atoms with E-state index in [1.54, 1.807) is 12.1 Å². The highest BCUT2D eigenvalue weighted by Gasteiger charge is 2.36. The molecule has 17 heavy (non-hydrogen) atoms. The first-order chi connectivity index (χ1) is 8.22. The summed E-state index contributed by atoms with van der Waals surface area (Å²) in [6.07, 6.45) is 2.54. The summed E-state index contributed by atoms with van der Waals surface area (Å²) < 4.78 is 10.8. The number of fused-ring (bicyclic) bond motifs is 1. The number of carboxylic acids is 1. The Morgan fingerprint density at radius 2 is 2.29 bits per heavy atom. The van der Waals surface area contributed by atoms with Gasteiger partial charge in [0.05, 0.1) is 5.92 Å². The predicted molar refractivity (Wildman–Crippen MR) is 58.8 cm³/mol. The maximum Gasteiger partial charge on any atom is 0.306 e. The number of oxazole rings is 1. The molecular weight excluding hydrogens is 222 g/mol. The maximum atomic E-state index is 10.6. The third kappa shape index (κ3) is 1.84. The van der Waals surface area contributed by atoms with E-state index >= 15 is 0 Å². The SMILES string of the molecule is O=C(O)[C@H]1C[C@@H](Oc2ccc3ocnc3c2)C1. The zero-order valence-corrected chi connectivity index (χ0v) is 9.00. The van der Waals surface area contributed by atoms with Crippen molar-refractivity contribution in [2.75, 3.05) is 0 Å². The molecule has 0 atom stereocenters. The summed E-state index contributed by atoms with van der Waals surface area (Å²) in [5.41, 5.74) is 1.46. The summed E-state index contributed by atoms with van der Waals surface area (Å²) in [6, 6.07) is 5.40. The zero-order chi connectivity index (χ0) is 11.8. The first kappa shape index (κ1) is 10.1. The minimum atomic E-state index is -0.739. The zero-order valence-electron chi connectivity index (χ0n) is 9.00. The van der Waals surface area contributed by atoms with Crippen molar-refractivity contribution in [1.29, 1.82) is 0 Å². The van der Waals surface area contributed by atoms with E-state index in [1.165, 1.54) is 6.39 Å². The Morgan fingerprint density at radius 1 is 1.47 bits per heavy atom. The first-order valence-corrected chi connectivity index (χ1v) is 5.45. The van der Waals surface area contributed by atoms with E-state index in [-0.39, 0.29) is 12.0 Å². The molecule has 88 valence electrons. The molecule has 0 spiro atoms. The van der Waals surface area contributed by atoms with Crippen LogP contribution < -0.4 is 4.74 Å². The number of hydrogen-bond donors (Lipinski definition) is 1. The van der Waals surface area contributed by atoms with Crippen LogP contribution in [0.15, 0.2) is 29.0 Å². The normalized spacial score (nSPS) is 23.3. The van der Waals surface area contributed by atoms with Gasteiger partial charge in [0.15, 0.2) is 12.0 Å². The van der Waals surface area contributed by atoms with Crippen LogP contribution in [0, 0.1) is 5.92 Å². The number of carboxylic acid groups (broad SMARTS) is 1. The molecule has 1 saturated carbocycles. The lowest BCUT2D eigenvalue weighted by atomic mass is 9.82. The Bertz CT molecular complexity index is 556. The highest BCUT2D eigenvalue weighted by molar-refractivity contribution is 5.74. The van der Waals surface area contributed by atoms with E-state index in [2.05, 4.69) is 4.98 Å². The third-order valence-electron chi connectivity index (χ3n) is 3.05. The maximum absolute atomic E-state index is 10.6. The molecule has 1 aliphatic carbocycles. The average Bonchev–Trinajstić information content (AvgIpc) is 2.69. The number of benzene rings is 1. The summed E-state index contributed by atoms with van der Waals surface area (Å²) in [7, 11) is 0. The number of carbonyl (C=O) groups is 1. The number of aliphatic carboxylic acids is 1. The minimum Gasteiger partial charge on any atom is -0.490 e. The van der Waals surface area contributed by atoms with Crippen LogP contribution in [-0.2, 0) is 4.79 Å². The second-order valence-corrected chi connectivity index (χ2v) is 4.23. The standard InChI is InChI=1S/C12H11NO4/c14-12(15)7-3-9(4-7)17-8-1-2-11-10(5-8)13-6-16-11/h1-2,5-7,9H,3-4H2,(H,14,15)/t7-,9+. The highest BCUT2D eigenvalue weighted by Crippen LogP contribution is 2.32. The quantitative estimate of drug-likeness (QED) is 0.878. The first-order valence-electron chi connectivity index (χ1n) is 5.45. The fraction of sp³-hybridized carbons (Fsp3) is 0.333. The van der Waals surface area contributed by atoms with Crippen molar-refractivity contribution in [3.63, 3.8) is 0 Å². The Balaban J connectivity index is 1.67. The lowest BCUT2D eigenvalue weighted by molar-refractivity contribution is -0.147. The van der Waals surface area contributed by atoms with Crippen LogP contribution >= 0.6 is 0 Å². The van der Waals surface area contributed by atoms with Crippen LogP contribution in [0.25, 0.3) is 11.1 Å². The van der Waals surface area contributed by atoms with Gasteiger partial charge in [-0.25, -0.2) is 4.98 Å². The molecule has 1 aromatic carbocycles. The van der Waals surface area contributed by atoms with Gasteiger partial charge in [-0.2, -0.15) is 0 Å². The molecule has 5 heteroatoms. The molecule has 5 nitrogen and oxygen atoms in total. The van der Waals surface area contributed by atoms with Crippen LogP contribution in [0.3, 0.4) is 0 Å². The van der Waals surface area contributed by atoms with Crippen molar-refractivity contribution in [3.8, 4) is 5.75 Å². The van der Waals surface area contributed by atoms with Gasteiger partial charge < -0.3 is 14.3 Å². The molecule has 0 unspecified atom stereocenters. The van der Waals surface area contributed by atoms with Crippen molar-refractivity contribution in [3.05, 3.63) is 24.6 Å². The van der Waals surface area contributed by atoms with Gasteiger partial charge in [0.2, 0.25) is 0 Å². The smallest absolute Gasteiger partial charge is 0.306 e. The van der Waals surface area contributed by atoms with Gasteiger partial charge in [-0.1, -0.05) is 0 Å². The topological polar surface area (TPSA) is 72.6 Å². The molecule has 1 fully saturated rings. The number of aromatic nitrogens is 1. The Kier molecular flexibility index (Phi) is 2.24. The fourth-order valence-corrected chi connectivity index (χ4v) is 1.97. The Hall–Kier alpha value is -2.04. The lowest BCUT2D eigenvalue weighted by Crippen LogP contribution is -2.38. The molecule has 1 N–H and O–H groups in total. The van der Waals surface area contributed by atoms with Crippen molar-refractivity contribution in [2.24, 2.45) is 5.92 Å². The van der Waals surface area contributed by atoms with Gasteiger partial charge in [-0.3, -0.25) is 4.79 Å². The summed E-state index contributed by atoms with van der Waals surface area (Å²) in [5.74, 6) is -0.284. The molecule has 0 bridgehead atoms. The van der Waals surface area contributed by atoms with E-state index in [0.717, 1.165) is 11.1 Å².